The van der Waals surface area contributed by atoms with Crippen LogP contribution in [0.2, 0.25) is 0 Å². The smallest absolute Gasteiger partial charge is 0.0740 e. The van der Waals surface area contributed by atoms with E-state index in [1.807, 2.05) is 0 Å². The third-order valence-corrected chi connectivity index (χ3v) is 4.22. The van der Waals surface area contributed by atoms with Crippen LogP contribution < -0.4 is 10.6 Å². The molecule has 0 amide bonds. The van der Waals surface area contributed by atoms with Crippen LogP contribution in [0.5, 0.6) is 0 Å². The van der Waals surface area contributed by atoms with Crippen LogP contribution >= 0.6 is 0 Å². The maximum absolute atomic E-state index is 5.76. The van der Waals surface area contributed by atoms with Gasteiger partial charge in [-0.3, -0.25) is 0 Å². The molecule has 2 fully saturated rings. The molecule has 0 saturated carbocycles. The molecule has 2 aliphatic heterocycles. The molecule has 1 aromatic carbocycles. The fourth-order valence-electron chi connectivity index (χ4n) is 3.08. The Hall–Kier alpha value is -0.900. The number of nitrogens with one attached hydrogen (secondary N) is 2. The lowest BCUT2D eigenvalue weighted by atomic mass is 9.91. The quantitative estimate of drug-likeness (QED) is 0.867. The summed E-state index contributed by atoms with van der Waals surface area (Å²) in [6.45, 7) is 5.13. The minimum Gasteiger partial charge on any atom is -0.375 e. The number of piperidine rings is 1. The van der Waals surface area contributed by atoms with E-state index in [0.29, 0.717) is 12.0 Å². The van der Waals surface area contributed by atoms with Crippen LogP contribution in [0.15, 0.2) is 24.3 Å². The summed E-state index contributed by atoms with van der Waals surface area (Å²) in [5, 5.41) is 6.87. The first-order valence-electron chi connectivity index (χ1n) is 7.54. The Kier molecular flexibility index (Phi) is 4.49. The molecule has 2 aliphatic rings. The second-order valence-electron chi connectivity index (χ2n) is 5.69. The van der Waals surface area contributed by atoms with Crippen LogP contribution in [0, 0.1) is 0 Å². The van der Waals surface area contributed by atoms with E-state index >= 15 is 0 Å². The summed E-state index contributed by atoms with van der Waals surface area (Å²) in [4.78, 5) is 0. The van der Waals surface area contributed by atoms with Crippen LogP contribution in [0.1, 0.15) is 29.9 Å². The Morgan fingerprint density at radius 3 is 2.58 bits per heavy atom. The maximum Gasteiger partial charge on any atom is 0.0740 e. The Labute approximate surface area is 115 Å². The predicted octanol–water partition coefficient (Wildman–Crippen LogP) is 1.68. The van der Waals surface area contributed by atoms with Gasteiger partial charge in [-0.05, 0) is 42.9 Å². The molecule has 0 radical (unpaired) electrons. The predicted molar refractivity (Wildman–Crippen MR) is 77.6 cm³/mol. The molecule has 0 aromatic heterocycles. The zero-order valence-electron chi connectivity index (χ0n) is 11.5. The molecule has 2 atom stereocenters. The van der Waals surface area contributed by atoms with Gasteiger partial charge in [0.15, 0.2) is 0 Å². The standard InChI is InChI=1S/C16H24N2O/c1-2-15(11-17-7-1)14-5-3-13(4-6-14)10-16-12-18-8-9-19-16/h3-6,15-18H,1-2,7-12H2. The van der Waals surface area contributed by atoms with Gasteiger partial charge in [-0.25, -0.2) is 0 Å². The van der Waals surface area contributed by atoms with Crippen molar-refractivity contribution in [1.29, 1.82) is 0 Å². The summed E-state index contributed by atoms with van der Waals surface area (Å²) >= 11 is 0. The molecule has 104 valence electrons. The summed E-state index contributed by atoms with van der Waals surface area (Å²) < 4.78 is 5.76. The van der Waals surface area contributed by atoms with E-state index in [2.05, 4.69) is 34.9 Å². The third-order valence-electron chi connectivity index (χ3n) is 4.22. The SMILES string of the molecule is c1cc(C2CCCNC2)ccc1CC1CNCCO1. The van der Waals surface area contributed by atoms with Crippen LogP contribution in [-0.2, 0) is 11.2 Å². The van der Waals surface area contributed by atoms with Crippen molar-refractivity contribution in [3.63, 3.8) is 0 Å². The molecule has 0 aliphatic carbocycles. The highest BCUT2D eigenvalue weighted by atomic mass is 16.5. The van der Waals surface area contributed by atoms with Crippen molar-refractivity contribution in [3.05, 3.63) is 35.4 Å². The molecule has 1 aromatic rings. The number of hydrogen-bond donors (Lipinski definition) is 2. The van der Waals surface area contributed by atoms with E-state index < -0.39 is 0 Å². The highest BCUT2D eigenvalue weighted by molar-refractivity contribution is 5.26. The van der Waals surface area contributed by atoms with Gasteiger partial charge in [-0.2, -0.15) is 0 Å². The van der Waals surface area contributed by atoms with Gasteiger partial charge < -0.3 is 15.4 Å². The molecule has 19 heavy (non-hydrogen) atoms. The maximum atomic E-state index is 5.76. The molecule has 3 nitrogen and oxygen atoms in total. The van der Waals surface area contributed by atoms with Gasteiger partial charge in [-0.1, -0.05) is 24.3 Å². The lowest BCUT2D eigenvalue weighted by Gasteiger charge is -2.25. The van der Waals surface area contributed by atoms with Crippen molar-refractivity contribution in [2.75, 3.05) is 32.8 Å². The van der Waals surface area contributed by atoms with Crippen LogP contribution in [0.25, 0.3) is 0 Å². The summed E-state index contributed by atoms with van der Waals surface area (Å²) in [6, 6.07) is 9.18. The van der Waals surface area contributed by atoms with Gasteiger partial charge in [0.1, 0.15) is 0 Å². The molecule has 2 unspecified atom stereocenters. The fourth-order valence-corrected chi connectivity index (χ4v) is 3.08. The van der Waals surface area contributed by atoms with Crippen molar-refractivity contribution in [1.82, 2.24) is 10.6 Å². The molecule has 2 heterocycles. The third kappa shape index (κ3) is 3.56. The highest BCUT2D eigenvalue weighted by Gasteiger charge is 2.16. The zero-order chi connectivity index (χ0) is 12.9. The fraction of sp³-hybridized carbons (Fsp3) is 0.625. The molecular formula is C16H24N2O. The van der Waals surface area contributed by atoms with E-state index in [1.165, 1.54) is 30.5 Å². The second kappa shape index (κ2) is 6.51. The van der Waals surface area contributed by atoms with E-state index in [0.717, 1.165) is 32.7 Å². The molecule has 0 spiro atoms. The topological polar surface area (TPSA) is 33.3 Å². The molecule has 3 rings (SSSR count). The lowest BCUT2D eigenvalue weighted by molar-refractivity contribution is 0.0292. The normalized spacial score (nSPS) is 28.2. The van der Waals surface area contributed by atoms with Gasteiger partial charge >= 0.3 is 0 Å². The number of hydrogen-bond acceptors (Lipinski definition) is 3. The second-order valence-corrected chi connectivity index (χ2v) is 5.69. The molecule has 0 bridgehead atoms. The van der Waals surface area contributed by atoms with Crippen LogP contribution in [-0.4, -0.2) is 38.9 Å². The summed E-state index contributed by atoms with van der Waals surface area (Å²) in [5.74, 6) is 0.704. The molecule has 2 saturated heterocycles. The Morgan fingerprint density at radius 2 is 1.89 bits per heavy atom. The van der Waals surface area contributed by atoms with E-state index in [9.17, 15) is 0 Å². The van der Waals surface area contributed by atoms with Crippen molar-refractivity contribution in [3.8, 4) is 0 Å². The first-order valence-corrected chi connectivity index (χ1v) is 7.54. The van der Waals surface area contributed by atoms with Crippen molar-refractivity contribution < 1.29 is 4.74 Å². The van der Waals surface area contributed by atoms with Gasteiger partial charge in [0.05, 0.1) is 12.7 Å². The first-order chi connectivity index (χ1) is 9.42. The van der Waals surface area contributed by atoms with E-state index in [1.54, 1.807) is 0 Å². The van der Waals surface area contributed by atoms with Crippen molar-refractivity contribution in [2.45, 2.75) is 31.3 Å². The molecular weight excluding hydrogens is 236 g/mol. The van der Waals surface area contributed by atoms with Gasteiger partial charge in [0.25, 0.3) is 0 Å². The zero-order valence-corrected chi connectivity index (χ0v) is 11.5. The van der Waals surface area contributed by atoms with Crippen LogP contribution in [0.4, 0.5) is 0 Å². The largest absolute Gasteiger partial charge is 0.375 e. The number of ether oxygens (including phenoxy) is 1. The number of morpholine rings is 1. The minimum atomic E-state index is 0.343. The Morgan fingerprint density at radius 1 is 1.05 bits per heavy atom. The van der Waals surface area contributed by atoms with Gasteiger partial charge in [-0.15, -0.1) is 0 Å². The van der Waals surface area contributed by atoms with Crippen molar-refractivity contribution in [2.24, 2.45) is 0 Å². The van der Waals surface area contributed by atoms with Crippen molar-refractivity contribution >= 4 is 0 Å². The first kappa shape index (κ1) is 13.1. The Balaban J connectivity index is 1.58. The number of rotatable bonds is 3. The van der Waals surface area contributed by atoms with E-state index in [-0.39, 0.29) is 0 Å². The van der Waals surface area contributed by atoms with Gasteiger partial charge in [0, 0.05) is 19.6 Å². The van der Waals surface area contributed by atoms with E-state index in [4.69, 9.17) is 4.74 Å². The summed E-state index contributed by atoms with van der Waals surface area (Å²) in [6.07, 6.45) is 3.99. The Bertz CT molecular complexity index is 378. The molecule has 2 N–H and O–H groups in total. The summed E-state index contributed by atoms with van der Waals surface area (Å²) in [7, 11) is 0. The average Bonchev–Trinajstić information content (AvgIpc) is 2.50. The van der Waals surface area contributed by atoms with Gasteiger partial charge in [0.2, 0.25) is 0 Å². The lowest BCUT2D eigenvalue weighted by Crippen LogP contribution is -2.39. The monoisotopic (exact) mass is 260 g/mol. The molecule has 3 heteroatoms. The number of benzene rings is 1. The summed E-state index contributed by atoms with van der Waals surface area (Å²) in [5.41, 5.74) is 2.87. The minimum absolute atomic E-state index is 0.343. The van der Waals surface area contributed by atoms with Crippen LogP contribution in [0.3, 0.4) is 0 Å². The average molecular weight is 260 g/mol. The highest BCUT2D eigenvalue weighted by Crippen LogP contribution is 2.23.